The van der Waals surface area contributed by atoms with Crippen LogP contribution in [0.3, 0.4) is 0 Å². The summed E-state index contributed by atoms with van der Waals surface area (Å²) in [5.41, 5.74) is 4.57. The molecule has 0 spiro atoms. The molecule has 0 aliphatic rings. The molecule has 0 fully saturated rings. The summed E-state index contributed by atoms with van der Waals surface area (Å²) in [7, 11) is 0. The van der Waals surface area contributed by atoms with Gasteiger partial charge >= 0.3 is 12.3 Å². The van der Waals surface area contributed by atoms with Crippen LogP contribution in [0.5, 0.6) is 0 Å². The Labute approximate surface area is 229 Å². The molecule has 0 unspecified atom stereocenters. The number of benzene rings is 1. The van der Waals surface area contributed by atoms with Crippen LogP contribution in [0.1, 0.15) is 76.8 Å². The van der Waals surface area contributed by atoms with Crippen molar-refractivity contribution in [1.29, 1.82) is 0 Å². The molecule has 0 aliphatic heterocycles. The normalized spacial score (nSPS) is 11.2. The Morgan fingerprint density at radius 2 is 1.77 bits per heavy atom. The first-order valence-corrected chi connectivity index (χ1v) is 12.8. The quantitative estimate of drug-likeness (QED) is 0.246. The van der Waals surface area contributed by atoms with Crippen LogP contribution >= 0.6 is 0 Å². The molecule has 10 nitrogen and oxygen atoms in total. The molecule has 214 valence electrons. The summed E-state index contributed by atoms with van der Waals surface area (Å²) in [6.45, 7) is 7.41. The van der Waals surface area contributed by atoms with Crippen molar-refractivity contribution in [3.8, 4) is 5.82 Å². The zero-order chi connectivity index (χ0) is 29.4. The Kier molecular flexibility index (Phi) is 9.86. The minimum Gasteiger partial charge on any atom is -0.448 e. The summed E-state index contributed by atoms with van der Waals surface area (Å²) < 4.78 is 46.6. The highest BCUT2D eigenvalue weighted by Crippen LogP contribution is 2.31. The van der Waals surface area contributed by atoms with Crippen molar-refractivity contribution >= 4 is 23.6 Å². The van der Waals surface area contributed by atoms with Gasteiger partial charge in [0.25, 0.3) is 11.8 Å². The SMILES string of the molecule is CCCCOC(=O)NNC(=O)c1cc(CC)cc(C)c1NC(=O)c1cc(C(F)(F)F)nn1-c1ncccc1CC. The van der Waals surface area contributed by atoms with Crippen LogP contribution in [0.4, 0.5) is 23.7 Å². The lowest BCUT2D eigenvalue weighted by atomic mass is 10.0. The van der Waals surface area contributed by atoms with Gasteiger partial charge in [-0.1, -0.05) is 39.3 Å². The number of hydrogen-bond donors (Lipinski definition) is 3. The van der Waals surface area contributed by atoms with Crippen molar-refractivity contribution in [3.05, 3.63) is 70.2 Å². The van der Waals surface area contributed by atoms with E-state index in [4.69, 9.17) is 4.74 Å². The summed E-state index contributed by atoms with van der Waals surface area (Å²) in [5.74, 6) is -1.62. The van der Waals surface area contributed by atoms with Crippen molar-refractivity contribution in [2.45, 2.75) is 59.6 Å². The molecule has 40 heavy (non-hydrogen) atoms. The first kappa shape index (κ1) is 30.1. The van der Waals surface area contributed by atoms with Gasteiger partial charge in [-0.3, -0.25) is 15.0 Å². The molecule has 0 bridgehead atoms. The monoisotopic (exact) mass is 560 g/mol. The summed E-state index contributed by atoms with van der Waals surface area (Å²) in [6.07, 6.45) is -1.83. The molecule has 0 atom stereocenters. The Morgan fingerprint density at radius 3 is 2.42 bits per heavy atom. The maximum Gasteiger partial charge on any atom is 0.435 e. The van der Waals surface area contributed by atoms with Gasteiger partial charge in [-0.05, 0) is 55.0 Å². The molecule has 2 aromatic heterocycles. The molecule has 0 radical (unpaired) electrons. The van der Waals surface area contributed by atoms with Gasteiger partial charge in [0, 0.05) is 12.3 Å². The molecule has 0 saturated heterocycles. The molecule has 3 amide bonds. The largest absolute Gasteiger partial charge is 0.448 e. The topological polar surface area (TPSA) is 127 Å². The fraction of sp³-hybridized carbons (Fsp3) is 0.370. The lowest BCUT2D eigenvalue weighted by molar-refractivity contribution is -0.141. The lowest BCUT2D eigenvalue weighted by Crippen LogP contribution is -2.42. The molecular formula is C27H31F3N6O4. The minimum absolute atomic E-state index is 0.00625. The number of aryl methyl sites for hydroxylation is 3. The highest BCUT2D eigenvalue weighted by Gasteiger charge is 2.37. The maximum atomic E-state index is 13.6. The number of aromatic nitrogens is 3. The number of rotatable bonds is 9. The first-order chi connectivity index (χ1) is 19.0. The second-order valence-electron chi connectivity index (χ2n) is 8.88. The highest BCUT2D eigenvalue weighted by atomic mass is 19.4. The number of anilines is 1. The first-order valence-electron chi connectivity index (χ1n) is 12.8. The van der Waals surface area contributed by atoms with Gasteiger partial charge in [-0.15, -0.1) is 0 Å². The molecule has 3 N–H and O–H groups in total. The zero-order valence-corrected chi connectivity index (χ0v) is 22.6. The third-order valence-electron chi connectivity index (χ3n) is 5.98. The van der Waals surface area contributed by atoms with Crippen LogP contribution in [0.2, 0.25) is 0 Å². The van der Waals surface area contributed by atoms with E-state index in [0.717, 1.165) is 16.7 Å². The summed E-state index contributed by atoms with van der Waals surface area (Å²) >= 11 is 0. The Morgan fingerprint density at radius 1 is 1.02 bits per heavy atom. The number of ether oxygens (including phenoxy) is 1. The van der Waals surface area contributed by atoms with Crippen LogP contribution in [0.25, 0.3) is 5.82 Å². The fourth-order valence-electron chi connectivity index (χ4n) is 3.85. The number of alkyl halides is 3. The minimum atomic E-state index is -4.82. The Bertz CT molecular complexity index is 1390. The second kappa shape index (κ2) is 13.1. The Hall–Kier alpha value is -4.42. The van der Waals surface area contributed by atoms with Crippen LogP contribution < -0.4 is 16.2 Å². The van der Waals surface area contributed by atoms with E-state index in [0.29, 0.717) is 36.5 Å². The van der Waals surface area contributed by atoms with Gasteiger partial charge in [0.2, 0.25) is 0 Å². The standard InChI is InChI=1S/C27H31F3N6O4/c1-5-8-12-40-26(39)34-33-24(37)19-14-17(6-2)13-16(4)22(19)32-25(38)20-15-21(27(28,29)30)35-36(20)23-18(7-3)10-9-11-31-23/h9-11,13-15H,5-8,12H2,1-4H3,(H,32,38)(H,33,37)(H,34,39). The number of hydrogen-bond acceptors (Lipinski definition) is 6. The van der Waals surface area contributed by atoms with Crippen LogP contribution in [0.15, 0.2) is 36.5 Å². The molecule has 0 aliphatic carbocycles. The average molecular weight is 561 g/mol. The summed E-state index contributed by atoms with van der Waals surface area (Å²) in [6, 6.07) is 7.20. The predicted octanol–water partition coefficient (Wildman–Crippen LogP) is 5.14. The molecule has 1 aromatic carbocycles. The number of amides is 3. The van der Waals surface area contributed by atoms with Gasteiger partial charge in [0.05, 0.1) is 17.9 Å². The molecule has 3 aromatic rings. The number of hydrazine groups is 1. The lowest BCUT2D eigenvalue weighted by Gasteiger charge is -2.17. The van der Waals surface area contributed by atoms with Crippen molar-refractivity contribution < 1.29 is 32.3 Å². The Balaban J connectivity index is 1.98. The number of unbranched alkanes of at least 4 members (excludes halogenated alkanes) is 1. The van der Waals surface area contributed by atoms with Crippen molar-refractivity contribution in [2.75, 3.05) is 11.9 Å². The fourth-order valence-corrected chi connectivity index (χ4v) is 3.85. The van der Waals surface area contributed by atoms with E-state index in [9.17, 15) is 27.6 Å². The summed E-state index contributed by atoms with van der Waals surface area (Å²) in [4.78, 5) is 42.5. The van der Waals surface area contributed by atoms with E-state index in [1.807, 2.05) is 13.8 Å². The zero-order valence-electron chi connectivity index (χ0n) is 22.6. The van der Waals surface area contributed by atoms with Crippen LogP contribution in [-0.4, -0.2) is 39.3 Å². The van der Waals surface area contributed by atoms with Gasteiger partial charge in [-0.2, -0.15) is 18.3 Å². The molecule has 3 rings (SSSR count). The third kappa shape index (κ3) is 7.16. The van der Waals surface area contributed by atoms with E-state index < -0.39 is 35.5 Å². The average Bonchev–Trinajstić information content (AvgIpc) is 3.39. The van der Waals surface area contributed by atoms with E-state index >= 15 is 0 Å². The van der Waals surface area contributed by atoms with Crippen LogP contribution in [0, 0.1) is 6.92 Å². The summed E-state index contributed by atoms with van der Waals surface area (Å²) in [5, 5.41) is 6.21. The number of halogens is 3. The molecule has 13 heteroatoms. The number of nitrogens with zero attached hydrogens (tertiary/aromatic N) is 3. The number of nitrogens with one attached hydrogen (secondary N) is 3. The second-order valence-corrected chi connectivity index (χ2v) is 8.88. The van der Waals surface area contributed by atoms with Gasteiger partial charge in [0.1, 0.15) is 5.69 Å². The van der Waals surface area contributed by atoms with E-state index in [1.165, 1.54) is 12.3 Å². The maximum absolute atomic E-state index is 13.6. The van der Waals surface area contributed by atoms with Gasteiger partial charge in [0.15, 0.2) is 11.5 Å². The van der Waals surface area contributed by atoms with E-state index in [-0.39, 0.29) is 23.7 Å². The molecular weight excluding hydrogens is 529 g/mol. The van der Waals surface area contributed by atoms with Crippen molar-refractivity contribution in [2.24, 2.45) is 0 Å². The molecule has 2 heterocycles. The third-order valence-corrected chi connectivity index (χ3v) is 5.98. The van der Waals surface area contributed by atoms with Gasteiger partial charge < -0.3 is 10.1 Å². The number of carbonyl (C=O) groups excluding carboxylic acids is 3. The van der Waals surface area contributed by atoms with E-state index in [2.05, 4.69) is 26.3 Å². The van der Waals surface area contributed by atoms with Crippen LogP contribution in [-0.2, 0) is 23.8 Å². The van der Waals surface area contributed by atoms with Crippen molar-refractivity contribution in [1.82, 2.24) is 25.6 Å². The smallest absolute Gasteiger partial charge is 0.435 e. The van der Waals surface area contributed by atoms with Crippen molar-refractivity contribution in [3.63, 3.8) is 0 Å². The van der Waals surface area contributed by atoms with Gasteiger partial charge in [-0.25, -0.2) is 19.9 Å². The number of carbonyl (C=O) groups is 3. The molecule has 0 saturated carbocycles. The predicted molar refractivity (Wildman–Crippen MR) is 141 cm³/mol. The van der Waals surface area contributed by atoms with E-state index in [1.54, 1.807) is 32.0 Å². The highest BCUT2D eigenvalue weighted by molar-refractivity contribution is 6.09. The number of pyridine rings is 1.